The molecule has 0 spiro atoms. The summed E-state index contributed by atoms with van der Waals surface area (Å²) in [7, 11) is 0. The number of ether oxygens (including phenoxy) is 2. The maximum Gasteiger partial charge on any atom is 0.231 e. The van der Waals surface area contributed by atoms with Crippen molar-refractivity contribution in [1.29, 1.82) is 0 Å². The summed E-state index contributed by atoms with van der Waals surface area (Å²) in [6, 6.07) is 12.5. The standard InChI is InChI=1S/C21H28N2O2/c1-16(2)6-7-17(10-12-22-14-19-5-3-4-11-23-19)18-8-9-20-21(13-18)25-15-24-20/h3-5,8-9,11,13,16-17,22H,6-7,10,12,14-15H2,1-2H3/p+1/t17-/m1/s1. The van der Waals surface area contributed by atoms with Gasteiger partial charge in [0.15, 0.2) is 11.5 Å². The average Bonchev–Trinajstić information content (AvgIpc) is 3.09. The van der Waals surface area contributed by atoms with Gasteiger partial charge in [0.1, 0.15) is 6.54 Å². The Kier molecular flexibility index (Phi) is 6.29. The van der Waals surface area contributed by atoms with Gasteiger partial charge in [-0.3, -0.25) is 4.98 Å². The van der Waals surface area contributed by atoms with Crippen LogP contribution < -0.4 is 14.8 Å². The minimum absolute atomic E-state index is 0.341. The number of quaternary nitrogens is 1. The zero-order valence-electron chi connectivity index (χ0n) is 15.3. The number of nitrogens with zero attached hydrogens (tertiary/aromatic N) is 1. The molecule has 2 N–H and O–H groups in total. The Labute approximate surface area is 150 Å². The SMILES string of the molecule is CC(C)CC[C@H](CC[NH2+]Cc1ccccn1)c1ccc2c(c1)OCO2. The van der Waals surface area contributed by atoms with Gasteiger partial charge in [0.25, 0.3) is 0 Å². The van der Waals surface area contributed by atoms with Gasteiger partial charge >= 0.3 is 0 Å². The molecule has 25 heavy (non-hydrogen) atoms. The van der Waals surface area contributed by atoms with E-state index in [1.165, 1.54) is 24.8 Å². The molecule has 0 aliphatic carbocycles. The molecule has 2 heterocycles. The number of fused-ring (bicyclic) bond motifs is 1. The highest BCUT2D eigenvalue weighted by molar-refractivity contribution is 5.45. The predicted molar refractivity (Wildman–Crippen MR) is 98.7 cm³/mol. The van der Waals surface area contributed by atoms with Crippen LogP contribution in [-0.2, 0) is 6.54 Å². The molecule has 1 aromatic carbocycles. The van der Waals surface area contributed by atoms with Crippen LogP contribution in [0.1, 0.15) is 50.3 Å². The first-order valence-corrected chi connectivity index (χ1v) is 9.33. The molecule has 4 heteroatoms. The highest BCUT2D eigenvalue weighted by atomic mass is 16.7. The molecule has 1 aliphatic heterocycles. The van der Waals surface area contributed by atoms with Crippen molar-refractivity contribution in [1.82, 2.24) is 4.98 Å². The van der Waals surface area contributed by atoms with E-state index in [9.17, 15) is 0 Å². The maximum absolute atomic E-state index is 5.56. The van der Waals surface area contributed by atoms with Gasteiger partial charge in [-0.15, -0.1) is 0 Å². The summed E-state index contributed by atoms with van der Waals surface area (Å²) < 4.78 is 11.0. The van der Waals surface area contributed by atoms with E-state index < -0.39 is 0 Å². The van der Waals surface area contributed by atoms with Crippen molar-refractivity contribution >= 4 is 0 Å². The van der Waals surface area contributed by atoms with Crippen LogP contribution in [-0.4, -0.2) is 18.3 Å². The molecule has 134 valence electrons. The molecule has 2 aromatic rings. The zero-order chi connectivity index (χ0) is 17.5. The van der Waals surface area contributed by atoms with Crippen LogP contribution in [0.15, 0.2) is 42.6 Å². The van der Waals surface area contributed by atoms with Crippen molar-refractivity contribution in [2.75, 3.05) is 13.3 Å². The van der Waals surface area contributed by atoms with Crippen molar-refractivity contribution in [2.24, 2.45) is 5.92 Å². The van der Waals surface area contributed by atoms with E-state index in [0.717, 1.165) is 36.2 Å². The van der Waals surface area contributed by atoms with Gasteiger partial charge in [0.05, 0.1) is 12.2 Å². The van der Waals surface area contributed by atoms with E-state index in [1.807, 2.05) is 18.3 Å². The van der Waals surface area contributed by atoms with E-state index in [4.69, 9.17) is 9.47 Å². The van der Waals surface area contributed by atoms with Crippen molar-refractivity contribution in [3.05, 3.63) is 53.9 Å². The van der Waals surface area contributed by atoms with Crippen LogP contribution in [0.4, 0.5) is 0 Å². The van der Waals surface area contributed by atoms with Crippen LogP contribution in [0, 0.1) is 5.92 Å². The Morgan fingerprint density at radius 2 is 1.92 bits per heavy atom. The molecule has 0 unspecified atom stereocenters. The van der Waals surface area contributed by atoms with Crippen LogP contribution in [0.3, 0.4) is 0 Å². The van der Waals surface area contributed by atoms with E-state index in [-0.39, 0.29) is 0 Å². The molecule has 1 atom stereocenters. The quantitative estimate of drug-likeness (QED) is 0.710. The third kappa shape index (κ3) is 5.20. The van der Waals surface area contributed by atoms with Gasteiger partial charge in [0, 0.05) is 12.6 Å². The van der Waals surface area contributed by atoms with Gasteiger partial charge in [-0.2, -0.15) is 0 Å². The fraction of sp³-hybridized carbons (Fsp3) is 0.476. The number of hydrogen-bond donors (Lipinski definition) is 1. The third-order valence-corrected chi connectivity index (χ3v) is 4.76. The zero-order valence-corrected chi connectivity index (χ0v) is 15.3. The highest BCUT2D eigenvalue weighted by Crippen LogP contribution is 2.36. The number of aromatic nitrogens is 1. The molecular formula is C21H29N2O2+. The Bertz CT molecular complexity index is 658. The second kappa shape index (κ2) is 8.86. The highest BCUT2D eigenvalue weighted by Gasteiger charge is 2.19. The predicted octanol–water partition coefficient (Wildman–Crippen LogP) is 3.48. The van der Waals surface area contributed by atoms with E-state index in [1.54, 1.807) is 0 Å². The molecule has 0 saturated carbocycles. The first kappa shape index (κ1) is 17.7. The van der Waals surface area contributed by atoms with Gasteiger partial charge < -0.3 is 14.8 Å². The molecule has 0 amide bonds. The van der Waals surface area contributed by atoms with Crippen molar-refractivity contribution in [3.63, 3.8) is 0 Å². The van der Waals surface area contributed by atoms with Gasteiger partial charge in [-0.05, 0) is 48.1 Å². The van der Waals surface area contributed by atoms with E-state index in [0.29, 0.717) is 12.7 Å². The monoisotopic (exact) mass is 341 g/mol. The maximum atomic E-state index is 5.56. The normalized spacial score (nSPS) is 14.0. The Hall–Kier alpha value is -2.07. The lowest BCUT2D eigenvalue weighted by Gasteiger charge is -2.18. The van der Waals surface area contributed by atoms with Crippen LogP contribution in [0.2, 0.25) is 0 Å². The number of pyridine rings is 1. The fourth-order valence-electron chi connectivity index (χ4n) is 3.27. The summed E-state index contributed by atoms with van der Waals surface area (Å²) >= 11 is 0. The number of benzene rings is 1. The fourth-order valence-corrected chi connectivity index (χ4v) is 3.27. The molecular weight excluding hydrogens is 312 g/mol. The number of rotatable bonds is 9. The first-order valence-electron chi connectivity index (χ1n) is 9.33. The molecule has 3 rings (SSSR count). The molecule has 0 radical (unpaired) electrons. The van der Waals surface area contributed by atoms with Crippen molar-refractivity contribution < 1.29 is 14.8 Å². The Morgan fingerprint density at radius 1 is 1.04 bits per heavy atom. The van der Waals surface area contributed by atoms with Crippen molar-refractivity contribution in [2.45, 2.75) is 45.6 Å². The van der Waals surface area contributed by atoms with E-state index >= 15 is 0 Å². The van der Waals surface area contributed by atoms with Crippen LogP contribution >= 0.6 is 0 Å². The summed E-state index contributed by atoms with van der Waals surface area (Å²) in [6.07, 6.45) is 5.49. The molecule has 0 bridgehead atoms. The topological polar surface area (TPSA) is 48.0 Å². The lowest BCUT2D eigenvalue weighted by Crippen LogP contribution is -2.82. The van der Waals surface area contributed by atoms with E-state index in [2.05, 4.69) is 48.4 Å². The summed E-state index contributed by atoms with van der Waals surface area (Å²) in [5.74, 6) is 3.06. The molecule has 1 aromatic heterocycles. The van der Waals surface area contributed by atoms with Crippen LogP contribution in [0.25, 0.3) is 0 Å². The van der Waals surface area contributed by atoms with Crippen molar-refractivity contribution in [3.8, 4) is 11.5 Å². The second-order valence-electron chi connectivity index (χ2n) is 7.17. The Morgan fingerprint density at radius 3 is 2.72 bits per heavy atom. The first-order chi connectivity index (χ1) is 12.2. The molecule has 0 saturated heterocycles. The summed E-state index contributed by atoms with van der Waals surface area (Å²) in [6.45, 7) is 6.98. The number of nitrogens with two attached hydrogens (primary N) is 1. The lowest BCUT2D eigenvalue weighted by molar-refractivity contribution is -0.671. The molecule has 0 fully saturated rings. The molecule has 4 nitrogen and oxygen atoms in total. The minimum atomic E-state index is 0.341. The number of hydrogen-bond acceptors (Lipinski definition) is 3. The summed E-state index contributed by atoms with van der Waals surface area (Å²) in [5.41, 5.74) is 2.51. The summed E-state index contributed by atoms with van der Waals surface area (Å²) in [4.78, 5) is 4.39. The second-order valence-corrected chi connectivity index (χ2v) is 7.17. The smallest absolute Gasteiger partial charge is 0.231 e. The van der Waals surface area contributed by atoms with Crippen LogP contribution in [0.5, 0.6) is 11.5 Å². The largest absolute Gasteiger partial charge is 0.454 e. The third-order valence-electron chi connectivity index (χ3n) is 4.76. The van der Waals surface area contributed by atoms with Gasteiger partial charge in [0.2, 0.25) is 6.79 Å². The molecule has 1 aliphatic rings. The minimum Gasteiger partial charge on any atom is -0.454 e. The lowest BCUT2D eigenvalue weighted by atomic mass is 9.88. The average molecular weight is 341 g/mol. The Balaban J connectivity index is 1.57. The summed E-state index contributed by atoms with van der Waals surface area (Å²) in [5, 5.41) is 2.36. The van der Waals surface area contributed by atoms with Gasteiger partial charge in [-0.1, -0.05) is 32.4 Å². The van der Waals surface area contributed by atoms with Gasteiger partial charge in [-0.25, -0.2) is 0 Å².